The number of carbonyl (C=O) groups excluding carboxylic acids is 1. The van der Waals surface area contributed by atoms with E-state index in [1.807, 2.05) is 25.1 Å². The molecule has 0 aliphatic rings. The predicted octanol–water partition coefficient (Wildman–Crippen LogP) is 2.35. The highest BCUT2D eigenvalue weighted by Crippen LogP contribution is 2.11. The van der Waals surface area contributed by atoms with Crippen LogP contribution < -0.4 is 10.7 Å². The van der Waals surface area contributed by atoms with Crippen molar-refractivity contribution in [2.45, 2.75) is 20.8 Å². The maximum Gasteiger partial charge on any atom is 0.437 e. The Kier molecular flexibility index (Phi) is 4.42. The number of aromatic nitrogens is 4. The van der Waals surface area contributed by atoms with Crippen LogP contribution in [0.2, 0.25) is 0 Å². The van der Waals surface area contributed by atoms with Gasteiger partial charge in [0.25, 0.3) is 0 Å². The third-order valence-corrected chi connectivity index (χ3v) is 3.64. The van der Waals surface area contributed by atoms with Gasteiger partial charge < -0.3 is 0 Å². The van der Waals surface area contributed by atoms with E-state index in [4.69, 9.17) is 4.84 Å². The summed E-state index contributed by atoms with van der Waals surface area (Å²) in [6.07, 6.45) is -0.682. The molecule has 1 N–H and O–H groups in total. The molecule has 0 aliphatic heterocycles. The number of carbonyl (C=O) groups is 1. The van der Waals surface area contributed by atoms with Crippen molar-refractivity contribution in [2.24, 2.45) is 12.2 Å². The Balaban J connectivity index is 1.95. The average Bonchev–Trinajstić information content (AvgIpc) is 2.75. The maximum absolute atomic E-state index is 11.9. The topological polar surface area (TPSA) is 94.3 Å². The first-order valence-electron chi connectivity index (χ1n) is 7.71. The van der Waals surface area contributed by atoms with Gasteiger partial charge in [0.15, 0.2) is 5.65 Å². The second-order valence-corrected chi connectivity index (χ2v) is 5.59. The van der Waals surface area contributed by atoms with Crippen molar-refractivity contribution < 1.29 is 9.63 Å². The first-order chi connectivity index (χ1) is 12.0. The number of rotatable bonds is 2. The minimum absolute atomic E-state index is 0.416. The number of anilines is 1. The van der Waals surface area contributed by atoms with Crippen LogP contribution in [-0.4, -0.2) is 25.8 Å². The number of nitrogens with one attached hydrogen (secondary N) is 1. The van der Waals surface area contributed by atoms with Gasteiger partial charge in [-0.25, -0.2) is 19.4 Å². The first kappa shape index (κ1) is 16.6. The third kappa shape index (κ3) is 3.47. The largest absolute Gasteiger partial charge is 0.437 e. The quantitative estimate of drug-likeness (QED) is 0.572. The lowest BCUT2D eigenvalue weighted by molar-refractivity contribution is 0.161. The lowest BCUT2D eigenvalue weighted by Crippen LogP contribution is -2.16. The molecule has 1 aromatic carbocycles. The molecule has 2 heterocycles. The van der Waals surface area contributed by atoms with Gasteiger partial charge in [0.2, 0.25) is 0 Å². The van der Waals surface area contributed by atoms with E-state index in [0.29, 0.717) is 33.6 Å². The minimum atomic E-state index is -0.682. The predicted molar refractivity (Wildman–Crippen MR) is 92.6 cm³/mol. The van der Waals surface area contributed by atoms with Gasteiger partial charge in [0, 0.05) is 12.7 Å². The molecule has 0 bridgehead atoms. The normalized spacial score (nSPS) is 11.6. The van der Waals surface area contributed by atoms with Gasteiger partial charge in [-0.15, -0.1) is 0 Å². The van der Waals surface area contributed by atoms with E-state index in [9.17, 15) is 4.79 Å². The van der Waals surface area contributed by atoms with Crippen molar-refractivity contribution in [3.05, 3.63) is 52.8 Å². The smallest absolute Gasteiger partial charge is 0.297 e. The van der Waals surface area contributed by atoms with Gasteiger partial charge in [-0.2, -0.15) is 5.10 Å². The van der Waals surface area contributed by atoms with Crippen molar-refractivity contribution in [3.63, 3.8) is 0 Å². The first-order valence-corrected chi connectivity index (χ1v) is 7.71. The van der Waals surface area contributed by atoms with E-state index in [0.717, 1.165) is 5.69 Å². The average molecular weight is 338 g/mol. The summed E-state index contributed by atoms with van der Waals surface area (Å²) in [4.78, 5) is 25.9. The second kappa shape index (κ2) is 6.68. The molecule has 8 heteroatoms. The van der Waals surface area contributed by atoms with Crippen LogP contribution >= 0.6 is 0 Å². The van der Waals surface area contributed by atoms with Gasteiger partial charge in [-0.05, 0) is 32.9 Å². The Labute approximate surface area is 144 Å². The maximum atomic E-state index is 11.9. The fourth-order valence-corrected chi connectivity index (χ4v) is 2.47. The fraction of sp³-hybridized carbons (Fsp3) is 0.235. The number of para-hydroxylation sites is 1. The molecule has 8 nitrogen and oxygen atoms in total. The van der Waals surface area contributed by atoms with Gasteiger partial charge in [-0.1, -0.05) is 23.4 Å². The van der Waals surface area contributed by atoms with Gasteiger partial charge in [0.05, 0.1) is 17.1 Å². The lowest BCUT2D eigenvalue weighted by Gasteiger charge is -2.01. The molecular formula is C17H18N6O2. The van der Waals surface area contributed by atoms with E-state index < -0.39 is 6.09 Å². The van der Waals surface area contributed by atoms with Crippen LogP contribution in [0.15, 0.2) is 35.5 Å². The highest BCUT2D eigenvalue weighted by Gasteiger charge is 2.10. The monoisotopic (exact) mass is 338 g/mol. The minimum Gasteiger partial charge on any atom is -0.297 e. The Bertz CT molecular complexity index is 962. The van der Waals surface area contributed by atoms with Crippen LogP contribution in [0.5, 0.6) is 0 Å². The standard InChI is InChI=1S/C17H18N6O2/c1-10-14(22-25-17(24)20-13-8-6-5-7-9-13)11(2)19-16-15(18-10)12(3)21-23(16)4/h5-9H,1-4H3,(H,20,24)/b22-14-. The summed E-state index contributed by atoms with van der Waals surface area (Å²) in [6, 6.07) is 9.00. The number of amides is 1. The molecule has 2 aromatic heterocycles. The molecule has 0 saturated heterocycles. The number of hydrogen-bond donors (Lipinski definition) is 1. The Morgan fingerprint density at radius 3 is 2.48 bits per heavy atom. The molecule has 0 atom stereocenters. The fourth-order valence-electron chi connectivity index (χ4n) is 2.47. The summed E-state index contributed by atoms with van der Waals surface area (Å²) >= 11 is 0. The van der Waals surface area contributed by atoms with Crippen LogP contribution in [0, 0.1) is 20.8 Å². The van der Waals surface area contributed by atoms with E-state index in [1.165, 1.54) is 0 Å². The van der Waals surface area contributed by atoms with Gasteiger partial charge >= 0.3 is 6.09 Å². The van der Waals surface area contributed by atoms with E-state index in [1.54, 1.807) is 37.7 Å². The van der Waals surface area contributed by atoms with Crippen LogP contribution in [0.3, 0.4) is 0 Å². The summed E-state index contributed by atoms with van der Waals surface area (Å²) in [7, 11) is 1.80. The number of fused-ring (bicyclic) bond motifs is 1. The van der Waals surface area contributed by atoms with Gasteiger partial charge in [-0.3, -0.25) is 10.2 Å². The second-order valence-electron chi connectivity index (χ2n) is 5.59. The van der Waals surface area contributed by atoms with Crippen LogP contribution in [0.25, 0.3) is 11.2 Å². The molecule has 3 rings (SSSR count). The molecular weight excluding hydrogens is 320 g/mol. The number of aryl methyl sites for hydroxylation is 4. The molecule has 0 fully saturated rings. The number of hydrogen-bond acceptors (Lipinski definition) is 6. The Hall–Kier alpha value is -3.29. The third-order valence-electron chi connectivity index (χ3n) is 3.64. The van der Waals surface area contributed by atoms with Crippen LogP contribution in [-0.2, 0) is 11.9 Å². The molecule has 1 amide bonds. The van der Waals surface area contributed by atoms with Crippen molar-refractivity contribution in [1.29, 1.82) is 0 Å². The van der Waals surface area contributed by atoms with Crippen LogP contribution in [0.1, 0.15) is 17.1 Å². The van der Waals surface area contributed by atoms with E-state index in [2.05, 4.69) is 25.5 Å². The Morgan fingerprint density at radius 1 is 1.08 bits per heavy atom. The zero-order valence-corrected chi connectivity index (χ0v) is 14.4. The van der Waals surface area contributed by atoms with Crippen molar-refractivity contribution in [2.75, 3.05) is 5.32 Å². The molecule has 0 saturated carbocycles. The lowest BCUT2D eigenvalue weighted by atomic mass is 10.3. The number of nitrogens with zero attached hydrogens (tertiary/aromatic N) is 5. The number of benzene rings is 1. The summed E-state index contributed by atoms with van der Waals surface area (Å²) < 4.78 is 1.66. The zero-order chi connectivity index (χ0) is 18.0. The van der Waals surface area contributed by atoms with E-state index >= 15 is 0 Å². The molecule has 0 spiro atoms. The SMILES string of the molecule is Cc1nc2c(C)nn(C)c2nc(C)/c1=N\OC(=O)Nc1ccccc1. The summed E-state index contributed by atoms with van der Waals surface area (Å²) in [5, 5.41) is 11.3. The zero-order valence-electron chi connectivity index (χ0n) is 14.4. The summed E-state index contributed by atoms with van der Waals surface area (Å²) in [5.74, 6) is 0. The summed E-state index contributed by atoms with van der Waals surface area (Å²) in [6.45, 7) is 5.44. The highest BCUT2D eigenvalue weighted by atomic mass is 16.7. The molecule has 0 radical (unpaired) electrons. The van der Waals surface area contributed by atoms with E-state index in [-0.39, 0.29) is 0 Å². The summed E-state index contributed by atoms with van der Waals surface area (Å²) in [5.41, 5.74) is 3.93. The molecule has 25 heavy (non-hydrogen) atoms. The molecule has 128 valence electrons. The Morgan fingerprint density at radius 2 is 1.76 bits per heavy atom. The molecule has 0 unspecified atom stereocenters. The van der Waals surface area contributed by atoms with Crippen LogP contribution in [0.4, 0.5) is 10.5 Å². The molecule has 0 aliphatic carbocycles. The molecule has 3 aromatic rings. The highest BCUT2D eigenvalue weighted by molar-refractivity contribution is 5.84. The van der Waals surface area contributed by atoms with Crippen molar-refractivity contribution >= 4 is 22.9 Å². The van der Waals surface area contributed by atoms with Gasteiger partial charge in [0.1, 0.15) is 10.9 Å². The van der Waals surface area contributed by atoms with Crippen molar-refractivity contribution in [3.8, 4) is 0 Å². The van der Waals surface area contributed by atoms with Crippen molar-refractivity contribution in [1.82, 2.24) is 19.7 Å².